The number of nitriles is 1. The third kappa shape index (κ3) is 3.03. The first kappa shape index (κ1) is 13.4. The first-order valence-corrected chi connectivity index (χ1v) is 6.04. The number of nitrogens with one attached hydrogen (secondary N) is 1. The van der Waals surface area contributed by atoms with E-state index in [1.54, 1.807) is 0 Å². The summed E-state index contributed by atoms with van der Waals surface area (Å²) in [7, 11) is 0. The summed E-state index contributed by atoms with van der Waals surface area (Å²) in [6, 6.07) is 20.3. The Balaban J connectivity index is 2.51. The van der Waals surface area contributed by atoms with Crippen LogP contribution in [0.3, 0.4) is 0 Å². The van der Waals surface area contributed by atoms with Gasteiger partial charge in [-0.25, -0.2) is 0 Å². The van der Waals surface area contributed by atoms with Gasteiger partial charge in [-0.05, 0) is 17.7 Å². The van der Waals surface area contributed by atoms with Gasteiger partial charge < -0.3 is 11.1 Å². The zero-order valence-electron chi connectivity index (χ0n) is 10.7. The van der Waals surface area contributed by atoms with Crippen LogP contribution in [0.5, 0.6) is 0 Å². The Morgan fingerprint density at radius 3 is 2.05 bits per heavy atom. The molecule has 0 atom stereocenters. The molecule has 0 aliphatic heterocycles. The van der Waals surface area contributed by atoms with Gasteiger partial charge in [-0.2, -0.15) is 5.26 Å². The Morgan fingerprint density at radius 1 is 1.00 bits per heavy atom. The summed E-state index contributed by atoms with van der Waals surface area (Å²) in [6.45, 7) is 0. The Morgan fingerprint density at radius 2 is 1.55 bits per heavy atom. The second-order valence-corrected chi connectivity index (χ2v) is 4.08. The van der Waals surface area contributed by atoms with E-state index in [-0.39, 0.29) is 5.57 Å². The fourth-order valence-electron chi connectivity index (χ4n) is 1.78. The minimum absolute atomic E-state index is 0.0972. The van der Waals surface area contributed by atoms with Gasteiger partial charge in [0, 0.05) is 5.69 Å². The third-order valence-corrected chi connectivity index (χ3v) is 2.71. The molecule has 4 heteroatoms. The summed E-state index contributed by atoms with van der Waals surface area (Å²) in [4.78, 5) is 11.4. The number of carbonyl (C=O) groups is 1. The maximum absolute atomic E-state index is 11.4. The van der Waals surface area contributed by atoms with Crippen LogP contribution in [0.15, 0.2) is 66.2 Å². The first-order chi connectivity index (χ1) is 9.72. The number of rotatable bonds is 4. The first-order valence-electron chi connectivity index (χ1n) is 6.04. The number of nitrogens with zero attached hydrogens (tertiary/aromatic N) is 1. The molecule has 0 radical (unpaired) electrons. The van der Waals surface area contributed by atoms with Crippen molar-refractivity contribution in [1.82, 2.24) is 0 Å². The fourth-order valence-corrected chi connectivity index (χ4v) is 1.78. The van der Waals surface area contributed by atoms with E-state index in [0.717, 1.165) is 11.3 Å². The number of benzene rings is 2. The van der Waals surface area contributed by atoms with Crippen molar-refractivity contribution >= 4 is 17.3 Å². The summed E-state index contributed by atoms with van der Waals surface area (Å²) < 4.78 is 0. The Hall–Kier alpha value is -3.06. The largest absolute Gasteiger partial charge is 0.365 e. The molecule has 0 bridgehead atoms. The molecule has 0 aliphatic rings. The van der Waals surface area contributed by atoms with Crippen LogP contribution in [0.25, 0.3) is 5.70 Å². The number of primary amides is 1. The molecule has 2 aromatic carbocycles. The van der Waals surface area contributed by atoms with Crippen LogP contribution >= 0.6 is 0 Å². The highest BCUT2D eigenvalue weighted by molar-refractivity contribution is 6.05. The highest BCUT2D eigenvalue weighted by Gasteiger charge is 2.14. The van der Waals surface area contributed by atoms with Crippen LogP contribution in [0.1, 0.15) is 5.56 Å². The molecule has 0 spiro atoms. The van der Waals surface area contributed by atoms with Gasteiger partial charge in [0.25, 0.3) is 5.91 Å². The van der Waals surface area contributed by atoms with Crippen molar-refractivity contribution in [2.75, 3.05) is 5.32 Å². The maximum Gasteiger partial charge on any atom is 0.261 e. The molecule has 0 unspecified atom stereocenters. The van der Waals surface area contributed by atoms with Gasteiger partial charge in [-0.1, -0.05) is 48.5 Å². The van der Waals surface area contributed by atoms with Crippen LogP contribution in [0.2, 0.25) is 0 Å². The molecule has 0 aromatic heterocycles. The van der Waals surface area contributed by atoms with E-state index < -0.39 is 5.91 Å². The van der Waals surface area contributed by atoms with Crippen LogP contribution in [-0.4, -0.2) is 5.91 Å². The molecular formula is C16H13N3O. The zero-order valence-corrected chi connectivity index (χ0v) is 10.7. The summed E-state index contributed by atoms with van der Waals surface area (Å²) in [5.41, 5.74) is 7.10. The molecule has 0 saturated heterocycles. The van der Waals surface area contributed by atoms with Crippen molar-refractivity contribution in [1.29, 1.82) is 5.26 Å². The van der Waals surface area contributed by atoms with E-state index in [4.69, 9.17) is 11.0 Å². The Kier molecular flexibility index (Phi) is 4.15. The van der Waals surface area contributed by atoms with Gasteiger partial charge >= 0.3 is 0 Å². The van der Waals surface area contributed by atoms with Crippen LogP contribution in [-0.2, 0) is 4.79 Å². The normalized spacial score (nSPS) is 11.2. The molecule has 20 heavy (non-hydrogen) atoms. The number of anilines is 1. The van der Waals surface area contributed by atoms with Crippen molar-refractivity contribution in [2.45, 2.75) is 0 Å². The van der Waals surface area contributed by atoms with Crippen molar-refractivity contribution in [2.24, 2.45) is 5.73 Å². The van der Waals surface area contributed by atoms with Crippen LogP contribution < -0.4 is 11.1 Å². The average Bonchev–Trinajstić information content (AvgIpc) is 2.48. The number of amides is 1. The third-order valence-electron chi connectivity index (χ3n) is 2.71. The second-order valence-electron chi connectivity index (χ2n) is 4.08. The van der Waals surface area contributed by atoms with Crippen molar-refractivity contribution in [3.8, 4) is 6.07 Å². The molecule has 2 aromatic rings. The molecular weight excluding hydrogens is 250 g/mol. The Bertz CT molecular complexity index is 670. The molecule has 0 aliphatic carbocycles. The molecule has 4 nitrogen and oxygen atoms in total. The van der Waals surface area contributed by atoms with Crippen molar-refractivity contribution < 1.29 is 4.79 Å². The van der Waals surface area contributed by atoms with Gasteiger partial charge in [0.15, 0.2) is 0 Å². The Labute approximate surface area is 117 Å². The topological polar surface area (TPSA) is 78.9 Å². The zero-order chi connectivity index (χ0) is 14.4. The summed E-state index contributed by atoms with van der Waals surface area (Å²) >= 11 is 0. The monoisotopic (exact) mass is 263 g/mol. The molecule has 2 rings (SSSR count). The number of para-hydroxylation sites is 1. The minimum atomic E-state index is -0.755. The van der Waals surface area contributed by atoms with Gasteiger partial charge in [0.2, 0.25) is 0 Å². The fraction of sp³-hybridized carbons (Fsp3) is 0. The lowest BCUT2D eigenvalue weighted by atomic mass is 10.1. The van der Waals surface area contributed by atoms with Gasteiger partial charge in [-0.15, -0.1) is 0 Å². The molecule has 0 fully saturated rings. The number of hydrogen-bond acceptors (Lipinski definition) is 3. The smallest absolute Gasteiger partial charge is 0.261 e. The molecule has 0 heterocycles. The molecule has 1 amide bonds. The van der Waals surface area contributed by atoms with Gasteiger partial charge in [0.05, 0.1) is 5.70 Å². The molecule has 3 N–H and O–H groups in total. The lowest BCUT2D eigenvalue weighted by molar-refractivity contribution is -0.114. The minimum Gasteiger partial charge on any atom is -0.365 e. The highest BCUT2D eigenvalue weighted by Crippen LogP contribution is 2.21. The van der Waals surface area contributed by atoms with Gasteiger partial charge in [-0.3, -0.25) is 4.79 Å². The average molecular weight is 263 g/mol. The predicted molar refractivity (Wildman–Crippen MR) is 78.2 cm³/mol. The quantitative estimate of drug-likeness (QED) is 0.657. The summed E-state index contributed by atoms with van der Waals surface area (Å²) in [6.07, 6.45) is 0. The van der Waals surface area contributed by atoms with Crippen LogP contribution in [0.4, 0.5) is 5.69 Å². The lowest BCUT2D eigenvalue weighted by Crippen LogP contribution is -2.17. The number of nitrogens with two attached hydrogens (primary N) is 1. The number of carbonyl (C=O) groups excluding carboxylic acids is 1. The SMILES string of the molecule is N#C/C(C(N)=O)=C(/Nc1ccccc1)c1ccccc1. The number of hydrogen-bond donors (Lipinski definition) is 2. The van der Waals surface area contributed by atoms with E-state index in [1.807, 2.05) is 66.7 Å². The standard InChI is InChI=1S/C16H13N3O/c17-11-14(16(18)20)15(12-7-3-1-4-8-12)19-13-9-5-2-6-10-13/h1-10,19H,(H2,18,20)/b15-14-. The van der Waals surface area contributed by atoms with Gasteiger partial charge in [0.1, 0.15) is 11.6 Å². The van der Waals surface area contributed by atoms with E-state index >= 15 is 0 Å². The maximum atomic E-state index is 11.4. The molecule has 0 saturated carbocycles. The van der Waals surface area contributed by atoms with Crippen LogP contribution in [0, 0.1) is 11.3 Å². The van der Waals surface area contributed by atoms with E-state index in [0.29, 0.717) is 5.70 Å². The highest BCUT2D eigenvalue weighted by atomic mass is 16.1. The van der Waals surface area contributed by atoms with E-state index in [1.165, 1.54) is 0 Å². The van der Waals surface area contributed by atoms with Crippen molar-refractivity contribution in [3.63, 3.8) is 0 Å². The summed E-state index contributed by atoms with van der Waals surface area (Å²) in [5.74, 6) is -0.755. The van der Waals surface area contributed by atoms with Crippen molar-refractivity contribution in [3.05, 3.63) is 71.8 Å². The van der Waals surface area contributed by atoms with E-state index in [2.05, 4.69) is 5.32 Å². The lowest BCUT2D eigenvalue weighted by Gasteiger charge is -2.12. The second kappa shape index (κ2) is 6.21. The predicted octanol–water partition coefficient (Wildman–Crippen LogP) is 2.52. The summed E-state index contributed by atoms with van der Waals surface area (Å²) in [5, 5.41) is 12.2. The molecule has 98 valence electrons. The van der Waals surface area contributed by atoms with E-state index in [9.17, 15) is 4.79 Å².